The molecule has 1 unspecified atom stereocenters. The predicted octanol–water partition coefficient (Wildman–Crippen LogP) is 4.65. The van der Waals surface area contributed by atoms with Crippen molar-refractivity contribution in [3.63, 3.8) is 0 Å². The quantitative estimate of drug-likeness (QED) is 0.447. The highest BCUT2D eigenvalue weighted by molar-refractivity contribution is 8.00. The molecule has 1 N–H and O–H groups in total. The van der Waals surface area contributed by atoms with Gasteiger partial charge in [-0.15, -0.1) is 10.2 Å². The van der Waals surface area contributed by atoms with Gasteiger partial charge in [0.2, 0.25) is 5.91 Å². The van der Waals surface area contributed by atoms with Gasteiger partial charge in [-0.1, -0.05) is 90.6 Å². The Morgan fingerprint density at radius 1 is 0.867 bits per heavy atom. The molecule has 6 heteroatoms. The second kappa shape index (κ2) is 9.41. The Morgan fingerprint density at radius 3 is 1.97 bits per heavy atom. The fourth-order valence-electron chi connectivity index (χ4n) is 3.19. The molecule has 5 nitrogen and oxygen atoms in total. The summed E-state index contributed by atoms with van der Waals surface area (Å²) in [4.78, 5) is 13.1. The molecule has 1 heterocycles. The van der Waals surface area contributed by atoms with E-state index in [1.807, 2.05) is 102 Å². The van der Waals surface area contributed by atoms with Crippen LogP contribution in [0, 0.1) is 0 Å². The largest absolute Gasteiger partial charge is 0.344 e. The number of hydrogen-bond donors (Lipinski definition) is 1. The lowest BCUT2D eigenvalue weighted by atomic mass is 9.98. The third-order valence-corrected chi connectivity index (χ3v) is 5.81. The van der Waals surface area contributed by atoms with Crippen molar-refractivity contribution in [1.82, 2.24) is 20.1 Å². The van der Waals surface area contributed by atoms with Crippen molar-refractivity contribution in [2.45, 2.75) is 23.4 Å². The van der Waals surface area contributed by atoms with Crippen LogP contribution in [0.4, 0.5) is 0 Å². The minimum absolute atomic E-state index is 0.0553. The van der Waals surface area contributed by atoms with Crippen molar-refractivity contribution in [2.24, 2.45) is 0 Å². The number of nitrogens with zero attached hydrogens (tertiary/aromatic N) is 3. The zero-order chi connectivity index (χ0) is 20.8. The molecule has 1 aromatic heterocycles. The Kier molecular flexibility index (Phi) is 6.25. The molecule has 30 heavy (non-hydrogen) atoms. The smallest absolute Gasteiger partial charge is 0.234 e. The summed E-state index contributed by atoms with van der Waals surface area (Å²) >= 11 is 1.39. The van der Waals surface area contributed by atoms with Gasteiger partial charge in [0.25, 0.3) is 0 Å². The molecule has 0 aliphatic heterocycles. The molecule has 4 aromatic rings. The highest BCUT2D eigenvalue weighted by atomic mass is 32.2. The Bertz CT molecular complexity index is 1040. The third-order valence-electron chi connectivity index (χ3n) is 4.75. The van der Waals surface area contributed by atoms with Crippen LogP contribution in [-0.4, -0.2) is 25.9 Å². The summed E-state index contributed by atoms with van der Waals surface area (Å²) in [5, 5.41) is 11.8. The average molecular weight is 415 g/mol. The number of thioether (sulfide) groups is 1. The number of hydrogen-bond acceptors (Lipinski definition) is 4. The van der Waals surface area contributed by atoms with Gasteiger partial charge in [-0.25, -0.2) is 0 Å². The van der Waals surface area contributed by atoms with Gasteiger partial charge in [-0.05, 0) is 30.2 Å². The highest BCUT2D eigenvalue weighted by Crippen LogP contribution is 2.26. The van der Waals surface area contributed by atoms with Crippen LogP contribution in [0.5, 0.6) is 0 Å². The van der Waals surface area contributed by atoms with E-state index in [2.05, 4.69) is 15.5 Å². The van der Waals surface area contributed by atoms with Crippen LogP contribution >= 0.6 is 11.8 Å². The van der Waals surface area contributed by atoms with Crippen LogP contribution in [0.25, 0.3) is 5.69 Å². The number of para-hydroxylation sites is 1. The van der Waals surface area contributed by atoms with Crippen LogP contribution in [0.3, 0.4) is 0 Å². The van der Waals surface area contributed by atoms with Gasteiger partial charge in [0.15, 0.2) is 5.16 Å². The SMILES string of the molecule is CC(Sc1nncn1-c1ccccc1)C(=O)NC(c1ccccc1)c1ccccc1. The van der Waals surface area contributed by atoms with Gasteiger partial charge in [0.05, 0.1) is 11.3 Å². The zero-order valence-corrected chi connectivity index (χ0v) is 17.4. The number of rotatable bonds is 7. The molecule has 0 bridgehead atoms. The van der Waals surface area contributed by atoms with Crippen LogP contribution in [0.15, 0.2) is 102 Å². The molecule has 4 rings (SSSR count). The van der Waals surface area contributed by atoms with Crippen molar-refractivity contribution < 1.29 is 4.79 Å². The molecule has 150 valence electrons. The summed E-state index contributed by atoms with van der Waals surface area (Å²) in [6.07, 6.45) is 1.67. The molecule has 0 radical (unpaired) electrons. The van der Waals surface area contributed by atoms with E-state index in [0.29, 0.717) is 5.16 Å². The molecule has 3 aromatic carbocycles. The minimum atomic E-state index is -0.341. The lowest BCUT2D eigenvalue weighted by Crippen LogP contribution is -2.35. The van der Waals surface area contributed by atoms with E-state index in [1.54, 1.807) is 6.33 Å². The van der Waals surface area contributed by atoms with Gasteiger partial charge in [-0.2, -0.15) is 0 Å². The van der Waals surface area contributed by atoms with E-state index in [1.165, 1.54) is 11.8 Å². The lowest BCUT2D eigenvalue weighted by Gasteiger charge is -2.22. The first-order chi connectivity index (χ1) is 14.7. The van der Waals surface area contributed by atoms with Gasteiger partial charge < -0.3 is 5.32 Å². The standard InChI is InChI=1S/C24H22N4OS/c1-18(30-24-27-25-17-28(24)21-15-9-4-10-16-21)23(29)26-22(19-11-5-2-6-12-19)20-13-7-3-8-14-20/h2-18,22H,1H3,(H,26,29). The summed E-state index contributed by atoms with van der Waals surface area (Å²) in [6, 6.07) is 29.6. The molecule has 0 saturated carbocycles. The van der Waals surface area contributed by atoms with E-state index < -0.39 is 0 Å². The molecule has 1 amide bonds. The Balaban J connectivity index is 1.52. The number of carbonyl (C=O) groups is 1. The van der Waals surface area contributed by atoms with Gasteiger partial charge in [0, 0.05) is 5.69 Å². The summed E-state index contributed by atoms with van der Waals surface area (Å²) in [7, 11) is 0. The van der Waals surface area contributed by atoms with Crippen LogP contribution in [0.1, 0.15) is 24.1 Å². The topological polar surface area (TPSA) is 59.8 Å². The first kappa shape index (κ1) is 19.9. The average Bonchev–Trinajstić information content (AvgIpc) is 3.27. The minimum Gasteiger partial charge on any atom is -0.344 e. The van der Waals surface area contributed by atoms with E-state index in [0.717, 1.165) is 16.8 Å². The molecular weight excluding hydrogens is 392 g/mol. The lowest BCUT2D eigenvalue weighted by molar-refractivity contribution is -0.120. The first-order valence-electron chi connectivity index (χ1n) is 9.75. The predicted molar refractivity (Wildman–Crippen MR) is 120 cm³/mol. The molecular formula is C24H22N4OS. The maximum atomic E-state index is 13.1. The van der Waals surface area contributed by atoms with Crippen molar-refractivity contribution in [1.29, 1.82) is 0 Å². The Morgan fingerprint density at radius 2 is 1.40 bits per heavy atom. The number of aromatic nitrogens is 3. The van der Waals surface area contributed by atoms with Gasteiger partial charge in [0.1, 0.15) is 6.33 Å². The van der Waals surface area contributed by atoms with Crippen LogP contribution in [0.2, 0.25) is 0 Å². The number of carbonyl (C=O) groups excluding carboxylic acids is 1. The summed E-state index contributed by atoms with van der Waals surface area (Å²) < 4.78 is 1.89. The monoisotopic (exact) mass is 414 g/mol. The highest BCUT2D eigenvalue weighted by Gasteiger charge is 2.23. The van der Waals surface area contributed by atoms with E-state index in [-0.39, 0.29) is 17.2 Å². The Labute approximate surface area is 180 Å². The van der Waals surface area contributed by atoms with E-state index >= 15 is 0 Å². The Hall–Kier alpha value is -3.38. The fraction of sp³-hybridized carbons (Fsp3) is 0.125. The van der Waals surface area contributed by atoms with Crippen LogP contribution < -0.4 is 5.32 Å². The maximum Gasteiger partial charge on any atom is 0.234 e. The van der Waals surface area contributed by atoms with Gasteiger partial charge >= 0.3 is 0 Å². The van der Waals surface area contributed by atoms with E-state index in [9.17, 15) is 4.79 Å². The second-order valence-corrected chi connectivity index (χ2v) is 8.15. The first-order valence-corrected chi connectivity index (χ1v) is 10.6. The summed E-state index contributed by atoms with van der Waals surface area (Å²) in [5.74, 6) is -0.0553. The maximum absolute atomic E-state index is 13.1. The fourth-order valence-corrected chi connectivity index (χ4v) is 4.04. The number of amides is 1. The summed E-state index contributed by atoms with van der Waals surface area (Å²) in [5.41, 5.74) is 3.05. The van der Waals surface area contributed by atoms with E-state index in [4.69, 9.17) is 0 Å². The van der Waals surface area contributed by atoms with Crippen molar-refractivity contribution in [3.05, 3.63) is 108 Å². The molecule has 0 fully saturated rings. The van der Waals surface area contributed by atoms with Crippen molar-refractivity contribution >= 4 is 17.7 Å². The number of nitrogens with one attached hydrogen (secondary N) is 1. The van der Waals surface area contributed by atoms with Crippen LogP contribution in [-0.2, 0) is 4.79 Å². The zero-order valence-electron chi connectivity index (χ0n) is 16.6. The third kappa shape index (κ3) is 4.60. The van der Waals surface area contributed by atoms with Gasteiger partial charge in [-0.3, -0.25) is 9.36 Å². The molecule has 0 aliphatic rings. The normalized spacial score (nSPS) is 11.9. The summed E-state index contributed by atoms with van der Waals surface area (Å²) in [6.45, 7) is 1.89. The second-order valence-electron chi connectivity index (χ2n) is 6.84. The molecule has 0 spiro atoms. The number of benzene rings is 3. The molecule has 1 atom stereocenters. The molecule has 0 aliphatic carbocycles. The van der Waals surface area contributed by atoms with Crippen molar-refractivity contribution in [3.8, 4) is 5.69 Å². The molecule has 0 saturated heterocycles. The van der Waals surface area contributed by atoms with Crippen molar-refractivity contribution in [2.75, 3.05) is 0 Å².